The molecule has 2 aromatic rings. The Morgan fingerprint density at radius 2 is 2.31 bits per heavy atom. The summed E-state index contributed by atoms with van der Waals surface area (Å²) in [5.74, 6) is -0.167. The van der Waals surface area contributed by atoms with Crippen LogP contribution in [-0.4, -0.2) is 18.1 Å². The van der Waals surface area contributed by atoms with Gasteiger partial charge in [-0.05, 0) is 52.8 Å². The zero-order chi connectivity index (χ0) is 11.5. The second kappa shape index (κ2) is 4.86. The molecule has 0 atom stereocenters. The molecule has 1 aromatic carbocycles. The van der Waals surface area contributed by atoms with Crippen LogP contribution in [0.2, 0.25) is 0 Å². The van der Waals surface area contributed by atoms with Gasteiger partial charge in [0.1, 0.15) is 0 Å². The van der Waals surface area contributed by atoms with Gasteiger partial charge < -0.3 is 9.72 Å². The van der Waals surface area contributed by atoms with Crippen LogP contribution in [0.4, 0.5) is 0 Å². The first-order chi connectivity index (χ1) is 7.70. The second-order valence-electron chi connectivity index (χ2n) is 3.58. The molecule has 0 saturated carbocycles. The van der Waals surface area contributed by atoms with Crippen molar-refractivity contribution in [2.75, 3.05) is 7.11 Å². The lowest BCUT2D eigenvalue weighted by Crippen LogP contribution is -2.01. The maximum Gasteiger partial charge on any atom is 0.305 e. The molecule has 0 unspecified atom stereocenters. The fourth-order valence-electron chi connectivity index (χ4n) is 1.70. The summed E-state index contributed by atoms with van der Waals surface area (Å²) in [6.45, 7) is 0. The molecular formula is C12H12INO2. The Balaban J connectivity index is 2.24. The maximum atomic E-state index is 11.1. The summed E-state index contributed by atoms with van der Waals surface area (Å²) in [7, 11) is 1.42. The van der Waals surface area contributed by atoms with Crippen LogP contribution < -0.4 is 0 Å². The number of aromatic nitrogens is 1. The van der Waals surface area contributed by atoms with E-state index in [1.54, 1.807) is 0 Å². The maximum absolute atomic E-state index is 11.1. The normalized spacial score (nSPS) is 10.6. The Hall–Kier alpha value is -1.04. The summed E-state index contributed by atoms with van der Waals surface area (Å²) < 4.78 is 5.83. The summed E-state index contributed by atoms with van der Waals surface area (Å²) in [5, 5.41) is 1.19. The fraction of sp³-hybridized carbons (Fsp3) is 0.250. The SMILES string of the molecule is COC(=O)CCc1c[nH]c2ccc(I)cc12. The Morgan fingerprint density at radius 1 is 1.50 bits per heavy atom. The number of aromatic amines is 1. The highest BCUT2D eigenvalue weighted by Gasteiger charge is 2.07. The van der Waals surface area contributed by atoms with E-state index in [9.17, 15) is 4.79 Å². The lowest BCUT2D eigenvalue weighted by atomic mass is 10.1. The van der Waals surface area contributed by atoms with Crippen molar-refractivity contribution in [1.29, 1.82) is 0 Å². The van der Waals surface area contributed by atoms with Gasteiger partial charge in [0.05, 0.1) is 7.11 Å². The van der Waals surface area contributed by atoms with Gasteiger partial charge in [0.2, 0.25) is 0 Å². The molecule has 0 saturated heterocycles. The van der Waals surface area contributed by atoms with Gasteiger partial charge in [-0.2, -0.15) is 0 Å². The first-order valence-corrected chi connectivity index (χ1v) is 6.11. The van der Waals surface area contributed by atoms with E-state index in [0.29, 0.717) is 12.8 Å². The number of carbonyl (C=O) groups is 1. The number of esters is 1. The predicted octanol–water partition coefficient (Wildman–Crippen LogP) is 2.88. The molecular weight excluding hydrogens is 317 g/mol. The summed E-state index contributed by atoms with van der Waals surface area (Å²) in [5.41, 5.74) is 2.28. The monoisotopic (exact) mass is 329 g/mol. The summed E-state index contributed by atoms with van der Waals surface area (Å²) in [4.78, 5) is 14.3. The standard InChI is InChI=1S/C12H12INO2/c1-16-12(15)5-2-8-7-14-11-4-3-9(13)6-10(8)11/h3-4,6-7,14H,2,5H2,1H3. The lowest BCUT2D eigenvalue weighted by molar-refractivity contribution is -0.140. The molecule has 0 aliphatic rings. The first-order valence-electron chi connectivity index (χ1n) is 5.03. The Kier molecular flexibility index (Phi) is 3.48. The van der Waals surface area contributed by atoms with Crippen LogP contribution in [0, 0.1) is 3.57 Å². The zero-order valence-electron chi connectivity index (χ0n) is 8.92. The van der Waals surface area contributed by atoms with Gasteiger partial charge in [-0.1, -0.05) is 0 Å². The number of H-pyrrole nitrogens is 1. The van der Waals surface area contributed by atoms with Gasteiger partial charge in [-0.3, -0.25) is 4.79 Å². The molecule has 16 heavy (non-hydrogen) atoms. The molecule has 0 bridgehead atoms. The minimum absolute atomic E-state index is 0.167. The number of carbonyl (C=O) groups excluding carboxylic acids is 1. The third kappa shape index (κ3) is 2.37. The number of benzene rings is 1. The van der Waals surface area contributed by atoms with Crippen molar-refractivity contribution in [3.8, 4) is 0 Å². The number of nitrogens with one attached hydrogen (secondary N) is 1. The van der Waals surface area contributed by atoms with E-state index in [4.69, 9.17) is 0 Å². The van der Waals surface area contributed by atoms with Crippen molar-refractivity contribution in [2.45, 2.75) is 12.8 Å². The van der Waals surface area contributed by atoms with Gasteiger partial charge in [-0.25, -0.2) is 0 Å². The van der Waals surface area contributed by atoms with Crippen molar-refractivity contribution in [2.24, 2.45) is 0 Å². The molecule has 0 spiro atoms. The van der Waals surface area contributed by atoms with Crippen LogP contribution in [0.3, 0.4) is 0 Å². The van der Waals surface area contributed by atoms with Crippen molar-refractivity contribution in [3.05, 3.63) is 33.5 Å². The van der Waals surface area contributed by atoms with Crippen molar-refractivity contribution >= 4 is 39.5 Å². The minimum Gasteiger partial charge on any atom is -0.469 e. The molecule has 0 radical (unpaired) electrons. The molecule has 3 nitrogen and oxygen atoms in total. The van der Waals surface area contributed by atoms with E-state index >= 15 is 0 Å². The molecule has 0 aliphatic heterocycles. The predicted molar refractivity (Wildman–Crippen MR) is 71.4 cm³/mol. The van der Waals surface area contributed by atoms with E-state index in [1.807, 2.05) is 6.20 Å². The van der Waals surface area contributed by atoms with E-state index in [-0.39, 0.29) is 5.97 Å². The van der Waals surface area contributed by atoms with Crippen molar-refractivity contribution in [3.63, 3.8) is 0 Å². The van der Waals surface area contributed by atoms with E-state index < -0.39 is 0 Å². The third-order valence-corrected chi connectivity index (χ3v) is 3.23. The summed E-state index contributed by atoms with van der Waals surface area (Å²) >= 11 is 2.29. The smallest absolute Gasteiger partial charge is 0.305 e. The van der Waals surface area contributed by atoms with Gasteiger partial charge >= 0.3 is 5.97 Å². The van der Waals surface area contributed by atoms with Crippen molar-refractivity contribution < 1.29 is 9.53 Å². The van der Waals surface area contributed by atoms with Gasteiger partial charge in [0.25, 0.3) is 0 Å². The van der Waals surface area contributed by atoms with Gasteiger partial charge in [0, 0.05) is 27.1 Å². The Labute approximate surface area is 107 Å². The van der Waals surface area contributed by atoms with Crippen LogP contribution in [0.1, 0.15) is 12.0 Å². The molecule has 1 N–H and O–H groups in total. The molecule has 0 fully saturated rings. The van der Waals surface area contributed by atoms with Gasteiger partial charge in [0.15, 0.2) is 0 Å². The highest BCUT2D eigenvalue weighted by atomic mass is 127. The average molecular weight is 329 g/mol. The largest absolute Gasteiger partial charge is 0.469 e. The highest BCUT2D eigenvalue weighted by Crippen LogP contribution is 2.21. The molecule has 1 aromatic heterocycles. The second-order valence-corrected chi connectivity index (χ2v) is 4.83. The molecule has 2 rings (SSSR count). The topological polar surface area (TPSA) is 42.1 Å². The number of aryl methyl sites for hydroxylation is 1. The molecule has 84 valence electrons. The lowest BCUT2D eigenvalue weighted by Gasteiger charge is -1.99. The van der Waals surface area contributed by atoms with E-state index in [0.717, 1.165) is 5.52 Å². The van der Waals surface area contributed by atoms with Crippen LogP contribution >= 0.6 is 22.6 Å². The van der Waals surface area contributed by atoms with Crippen LogP contribution in [-0.2, 0) is 16.0 Å². The van der Waals surface area contributed by atoms with Crippen LogP contribution in [0.5, 0.6) is 0 Å². The molecule has 1 heterocycles. The van der Waals surface area contributed by atoms with Crippen molar-refractivity contribution in [1.82, 2.24) is 4.98 Å². The first kappa shape index (κ1) is 11.4. The number of methoxy groups -OCH3 is 1. The molecule has 0 amide bonds. The Bertz CT molecular complexity index is 519. The zero-order valence-corrected chi connectivity index (χ0v) is 11.1. The number of hydrogen-bond donors (Lipinski definition) is 1. The van der Waals surface area contributed by atoms with E-state index in [1.165, 1.54) is 21.6 Å². The number of ether oxygens (including phenoxy) is 1. The highest BCUT2D eigenvalue weighted by molar-refractivity contribution is 14.1. The summed E-state index contributed by atoms with van der Waals surface area (Å²) in [6, 6.07) is 6.24. The number of rotatable bonds is 3. The van der Waals surface area contributed by atoms with Crippen LogP contribution in [0.15, 0.2) is 24.4 Å². The van der Waals surface area contributed by atoms with E-state index in [2.05, 4.69) is 50.5 Å². The third-order valence-electron chi connectivity index (χ3n) is 2.56. The molecule has 0 aliphatic carbocycles. The number of halogens is 1. The molecule has 4 heteroatoms. The summed E-state index contributed by atoms with van der Waals surface area (Å²) in [6.07, 6.45) is 3.10. The van der Waals surface area contributed by atoms with Crippen LogP contribution in [0.25, 0.3) is 10.9 Å². The minimum atomic E-state index is -0.167. The Morgan fingerprint density at radius 3 is 3.06 bits per heavy atom. The quantitative estimate of drug-likeness (QED) is 0.695. The average Bonchev–Trinajstić information content (AvgIpc) is 2.68. The van der Waals surface area contributed by atoms with Gasteiger partial charge in [-0.15, -0.1) is 0 Å². The number of fused-ring (bicyclic) bond motifs is 1. The number of hydrogen-bond acceptors (Lipinski definition) is 2. The fourth-order valence-corrected chi connectivity index (χ4v) is 2.19.